The molecule has 0 spiro atoms. The SMILES string of the molecule is CCCOCC(O)C(O)(CC)CC. The Bertz CT molecular complexity index is 121. The first-order valence-electron chi connectivity index (χ1n) is 5.08. The van der Waals surface area contributed by atoms with Crippen LogP contribution in [-0.4, -0.2) is 35.1 Å². The maximum absolute atomic E-state index is 9.87. The van der Waals surface area contributed by atoms with E-state index in [9.17, 15) is 10.2 Å². The van der Waals surface area contributed by atoms with Crippen LogP contribution in [0.4, 0.5) is 0 Å². The number of rotatable bonds is 7. The van der Waals surface area contributed by atoms with E-state index in [2.05, 4.69) is 0 Å². The van der Waals surface area contributed by atoms with Gasteiger partial charge in [0.2, 0.25) is 0 Å². The third-order valence-corrected chi connectivity index (χ3v) is 2.47. The molecule has 0 amide bonds. The van der Waals surface area contributed by atoms with E-state index >= 15 is 0 Å². The molecule has 13 heavy (non-hydrogen) atoms. The van der Waals surface area contributed by atoms with Crippen LogP contribution in [0, 0.1) is 0 Å². The highest BCUT2D eigenvalue weighted by Crippen LogP contribution is 2.19. The van der Waals surface area contributed by atoms with Crippen molar-refractivity contribution in [3.8, 4) is 0 Å². The molecule has 0 rings (SSSR count). The Morgan fingerprint density at radius 3 is 2.15 bits per heavy atom. The Kier molecular flexibility index (Phi) is 6.29. The average molecular weight is 190 g/mol. The van der Waals surface area contributed by atoms with E-state index in [1.807, 2.05) is 20.8 Å². The molecule has 0 radical (unpaired) electrons. The van der Waals surface area contributed by atoms with Gasteiger partial charge in [0, 0.05) is 6.61 Å². The quantitative estimate of drug-likeness (QED) is 0.595. The lowest BCUT2D eigenvalue weighted by Crippen LogP contribution is -2.44. The molecule has 1 atom stereocenters. The molecule has 0 saturated heterocycles. The lowest BCUT2D eigenvalue weighted by atomic mass is 9.91. The van der Waals surface area contributed by atoms with E-state index in [1.165, 1.54) is 0 Å². The Balaban J connectivity index is 3.84. The zero-order valence-electron chi connectivity index (χ0n) is 8.92. The second-order valence-electron chi connectivity index (χ2n) is 3.40. The van der Waals surface area contributed by atoms with Crippen molar-refractivity contribution < 1.29 is 14.9 Å². The predicted molar refractivity (Wildman–Crippen MR) is 52.6 cm³/mol. The highest BCUT2D eigenvalue weighted by Gasteiger charge is 2.31. The standard InChI is InChI=1S/C10H22O3/c1-4-7-13-8-9(11)10(12,5-2)6-3/h9,11-12H,4-8H2,1-3H3. The largest absolute Gasteiger partial charge is 0.388 e. The first-order chi connectivity index (χ1) is 6.10. The molecule has 0 bridgehead atoms. The molecule has 0 aliphatic heterocycles. The van der Waals surface area contributed by atoms with Crippen molar-refractivity contribution in [2.24, 2.45) is 0 Å². The summed E-state index contributed by atoms with van der Waals surface area (Å²) >= 11 is 0. The summed E-state index contributed by atoms with van der Waals surface area (Å²) in [4.78, 5) is 0. The van der Waals surface area contributed by atoms with Crippen LogP contribution in [0.1, 0.15) is 40.0 Å². The van der Waals surface area contributed by atoms with Crippen molar-refractivity contribution in [3.63, 3.8) is 0 Å². The van der Waals surface area contributed by atoms with E-state index < -0.39 is 11.7 Å². The van der Waals surface area contributed by atoms with Crippen molar-refractivity contribution in [3.05, 3.63) is 0 Å². The summed E-state index contributed by atoms with van der Waals surface area (Å²) < 4.78 is 5.18. The second kappa shape index (κ2) is 6.35. The summed E-state index contributed by atoms with van der Waals surface area (Å²) in [5, 5.41) is 19.5. The smallest absolute Gasteiger partial charge is 0.106 e. The zero-order chi connectivity index (χ0) is 10.3. The van der Waals surface area contributed by atoms with Crippen LogP contribution in [0.3, 0.4) is 0 Å². The van der Waals surface area contributed by atoms with Gasteiger partial charge >= 0.3 is 0 Å². The Morgan fingerprint density at radius 1 is 1.23 bits per heavy atom. The van der Waals surface area contributed by atoms with Crippen LogP contribution in [0.25, 0.3) is 0 Å². The molecule has 3 heteroatoms. The lowest BCUT2D eigenvalue weighted by Gasteiger charge is -2.30. The molecule has 0 fully saturated rings. The van der Waals surface area contributed by atoms with Crippen molar-refractivity contribution in [1.82, 2.24) is 0 Å². The first-order valence-corrected chi connectivity index (χ1v) is 5.08. The molecule has 0 aromatic carbocycles. The number of ether oxygens (including phenoxy) is 1. The van der Waals surface area contributed by atoms with Crippen LogP contribution < -0.4 is 0 Å². The van der Waals surface area contributed by atoms with E-state index in [-0.39, 0.29) is 6.61 Å². The lowest BCUT2D eigenvalue weighted by molar-refractivity contribution is -0.110. The van der Waals surface area contributed by atoms with Gasteiger partial charge in [0.1, 0.15) is 6.10 Å². The zero-order valence-corrected chi connectivity index (χ0v) is 8.92. The molecule has 1 unspecified atom stereocenters. The molecular formula is C10H22O3. The van der Waals surface area contributed by atoms with Crippen molar-refractivity contribution in [1.29, 1.82) is 0 Å². The molecule has 0 aromatic heterocycles. The number of aliphatic hydroxyl groups excluding tert-OH is 1. The minimum atomic E-state index is -0.978. The molecule has 3 nitrogen and oxygen atoms in total. The minimum Gasteiger partial charge on any atom is -0.388 e. The van der Waals surface area contributed by atoms with Crippen LogP contribution in [0.15, 0.2) is 0 Å². The van der Waals surface area contributed by atoms with E-state index in [1.54, 1.807) is 0 Å². The third kappa shape index (κ3) is 4.07. The summed E-state index contributed by atoms with van der Waals surface area (Å²) in [7, 11) is 0. The van der Waals surface area contributed by atoms with Crippen molar-refractivity contribution in [2.75, 3.05) is 13.2 Å². The fraction of sp³-hybridized carbons (Fsp3) is 1.00. The monoisotopic (exact) mass is 190 g/mol. The van der Waals surface area contributed by atoms with Gasteiger partial charge in [0.05, 0.1) is 12.2 Å². The van der Waals surface area contributed by atoms with Gasteiger partial charge in [-0.25, -0.2) is 0 Å². The summed E-state index contributed by atoms with van der Waals surface area (Å²) in [6, 6.07) is 0. The summed E-state index contributed by atoms with van der Waals surface area (Å²) in [6.45, 7) is 6.61. The van der Waals surface area contributed by atoms with Crippen LogP contribution >= 0.6 is 0 Å². The van der Waals surface area contributed by atoms with Gasteiger partial charge in [0.15, 0.2) is 0 Å². The van der Waals surface area contributed by atoms with Crippen LogP contribution in [0.2, 0.25) is 0 Å². The Morgan fingerprint density at radius 2 is 1.77 bits per heavy atom. The van der Waals surface area contributed by atoms with Crippen LogP contribution in [0.5, 0.6) is 0 Å². The minimum absolute atomic E-state index is 0.228. The topological polar surface area (TPSA) is 49.7 Å². The fourth-order valence-electron chi connectivity index (χ4n) is 1.22. The van der Waals surface area contributed by atoms with Gasteiger partial charge in [0.25, 0.3) is 0 Å². The number of hydrogen-bond acceptors (Lipinski definition) is 3. The van der Waals surface area contributed by atoms with Gasteiger partial charge in [-0.3, -0.25) is 0 Å². The van der Waals surface area contributed by atoms with E-state index in [4.69, 9.17) is 4.74 Å². The highest BCUT2D eigenvalue weighted by molar-refractivity contribution is 4.83. The van der Waals surface area contributed by atoms with Crippen LogP contribution in [-0.2, 0) is 4.74 Å². The maximum Gasteiger partial charge on any atom is 0.106 e. The predicted octanol–water partition coefficient (Wildman–Crippen LogP) is 1.32. The molecule has 0 heterocycles. The van der Waals surface area contributed by atoms with Crippen molar-refractivity contribution >= 4 is 0 Å². The molecule has 0 saturated carbocycles. The molecule has 2 N–H and O–H groups in total. The van der Waals surface area contributed by atoms with Crippen molar-refractivity contribution in [2.45, 2.75) is 51.7 Å². The second-order valence-corrected chi connectivity index (χ2v) is 3.40. The summed E-state index contributed by atoms with van der Waals surface area (Å²) in [5.41, 5.74) is -0.978. The molecular weight excluding hydrogens is 168 g/mol. The average Bonchev–Trinajstić information content (AvgIpc) is 2.17. The normalized spacial score (nSPS) is 14.5. The summed E-state index contributed by atoms with van der Waals surface area (Å²) in [6.07, 6.45) is 1.28. The van der Waals surface area contributed by atoms with Gasteiger partial charge in [-0.2, -0.15) is 0 Å². The Hall–Kier alpha value is -0.120. The third-order valence-electron chi connectivity index (χ3n) is 2.47. The van der Waals surface area contributed by atoms with Gasteiger partial charge in [-0.15, -0.1) is 0 Å². The molecule has 0 aliphatic rings. The fourth-order valence-corrected chi connectivity index (χ4v) is 1.22. The molecule has 80 valence electrons. The van der Waals surface area contributed by atoms with Gasteiger partial charge < -0.3 is 14.9 Å². The number of aliphatic hydroxyl groups is 2. The Labute approximate surface area is 80.7 Å². The molecule has 0 aliphatic carbocycles. The highest BCUT2D eigenvalue weighted by atomic mass is 16.5. The number of hydrogen-bond donors (Lipinski definition) is 2. The molecule has 0 aromatic rings. The van der Waals surface area contributed by atoms with Gasteiger partial charge in [-0.1, -0.05) is 20.8 Å². The maximum atomic E-state index is 9.87. The first kappa shape index (κ1) is 12.9. The van der Waals surface area contributed by atoms with E-state index in [0.717, 1.165) is 6.42 Å². The van der Waals surface area contributed by atoms with Gasteiger partial charge in [-0.05, 0) is 19.3 Å². The van der Waals surface area contributed by atoms with E-state index in [0.29, 0.717) is 19.4 Å². The summed E-state index contributed by atoms with van der Waals surface area (Å²) in [5.74, 6) is 0.